The number of nitro groups is 1. The van der Waals surface area contributed by atoms with Crippen molar-refractivity contribution >= 4 is 21.6 Å². The van der Waals surface area contributed by atoms with Crippen LogP contribution < -0.4 is 5.32 Å². The maximum absolute atomic E-state index is 10.9. The number of nitrogens with one attached hydrogen (secondary N) is 1. The summed E-state index contributed by atoms with van der Waals surface area (Å²) in [6.07, 6.45) is 5.48. The van der Waals surface area contributed by atoms with Crippen molar-refractivity contribution in [2.75, 3.05) is 6.54 Å². The van der Waals surface area contributed by atoms with Gasteiger partial charge < -0.3 is 5.32 Å². The molecule has 0 aromatic heterocycles. The van der Waals surface area contributed by atoms with E-state index in [0.717, 1.165) is 18.0 Å². The summed E-state index contributed by atoms with van der Waals surface area (Å²) in [5.74, 6) is 0.938. The van der Waals surface area contributed by atoms with Crippen molar-refractivity contribution in [3.8, 4) is 0 Å². The molecule has 5 heteroatoms. The molecule has 0 amide bonds. The fourth-order valence-electron chi connectivity index (χ4n) is 2.88. The second kappa shape index (κ2) is 4.87. The minimum absolute atomic E-state index is 0.141. The zero-order valence-corrected chi connectivity index (χ0v) is 12.3. The highest BCUT2D eigenvalue weighted by atomic mass is 79.9. The monoisotopic (exact) mass is 324 g/mol. The average molecular weight is 325 g/mol. The summed E-state index contributed by atoms with van der Waals surface area (Å²) < 4.78 is 0.601. The normalized spacial score (nSPS) is 20.3. The van der Waals surface area contributed by atoms with E-state index in [1.54, 1.807) is 6.07 Å². The minimum Gasteiger partial charge on any atom is -0.312 e. The van der Waals surface area contributed by atoms with Crippen LogP contribution in [0.2, 0.25) is 0 Å². The van der Waals surface area contributed by atoms with Gasteiger partial charge in [-0.25, -0.2) is 0 Å². The van der Waals surface area contributed by atoms with Crippen LogP contribution in [0.25, 0.3) is 0 Å². The van der Waals surface area contributed by atoms with Gasteiger partial charge >= 0.3 is 0 Å². The first-order valence-electron chi connectivity index (χ1n) is 6.75. The highest BCUT2D eigenvalue weighted by molar-refractivity contribution is 9.10. The van der Waals surface area contributed by atoms with Gasteiger partial charge in [0, 0.05) is 19.2 Å². The summed E-state index contributed by atoms with van der Waals surface area (Å²) in [4.78, 5) is 10.5. The smallest absolute Gasteiger partial charge is 0.283 e. The Hall–Kier alpha value is -0.940. The van der Waals surface area contributed by atoms with Crippen molar-refractivity contribution in [3.63, 3.8) is 0 Å². The standard InChI is InChI=1S/C14H17BrN2O2/c15-13-10(2-1-3-12(13)17(18)19)8-16-9-14(6-7-14)11-4-5-11/h1-3,11,16H,4-9H2. The van der Waals surface area contributed by atoms with Crippen LogP contribution in [0.3, 0.4) is 0 Å². The van der Waals surface area contributed by atoms with E-state index in [9.17, 15) is 10.1 Å². The molecule has 1 aromatic carbocycles. The van der Waals surface area contributed by atoms with Gasteiger partial charge in [0.15, 0.2) is 0 Å². The van der Waals surface area contributed by atoms with Gasteiger partial charge in [0.1, 0.15) is 0 Å². The van der Waals surface area contributed by atoms with Crippen LogP contribution in [0.15, 0.2) is 22.7 Å². The summed E-state index contributed by atoms with van der Waals surface area (Å²) in [7, 11) is 0. The maximum Gasteiger partial charge on any atom is 0.283 e. The Balaban J connectivity index is 1.60. The van der Waals surface area contributed by atoms with Crippen molar-refractivity contribution < 1.29 is 4.92 Å². The van der Waals surface area contributed by atoms with Gasteiger partial charge in [-0.1, -0.05) is 12.1 Å². The van der Waals surface area contributed by atoms with Gasteiger partial charge in [-0.15, -0.1) is 0 Å². The first kappa shape index (κ1) is 13.1. The Morgan fingerprint density at radius 3 is 2.74 bits per heavy atom. The Kier molecular flexibility index (Phi) is 3.35. The molecule has 4 nitrogen and oxygen atoms in total. The molecular formula is C14H17BrN2O2. The summed E-state index contributed by atoms with van der Waals surface area (Å²) in [6, 6.07) is 5.20. The molecule has 102 valence electrons. The van der Waals surface area contributed by atoms with E-state index < -0.39 is 0 Å². The summed E-state index contributed by atoms with van der Waals surface area (Å²) in [5.41, 5.74) is 1.66. The number of nitrogens with zero attached hydrogens (tertiary/aromatic N) is 1. The van der Waals surface area contributed by atoms with Gasteiger partial charge in [0.25, 0.3) is 5.69 Å². The molecule has 2 aliphatic rings. The first-order chi connectivity index (χ1) is 9.12. The van der Waals surface area contributed by atoms with Gasteiger partial charge in [-0.3, -0.25) is 10.1 Å². The summed E-state index contributed by atoms with van der Waals surface area (Å²) in [6.45, 7) is 1.74. The highest BCUT2D eigenvalue weighted by Crippen LogP contribution is 2.60. The third-order valence-corrected chi connectivity index (χ3v) is 5.30. The SMILES string of the molecule is O=[N+]([O-])c1cccc(CNCC2(C3CC3)CC2)c1Br. The van der Waals surface area contributed by atoms with Crippen LogP contribution in [0.1, 0.15) is 31.2 Å². The quantitative estimate of drug-likeness (QED) is 0.642. The molecule has 0 radical (unpaired) electrons. The third kappa shape index (κ3) is 2.67. The molecule has 19 heavy (non-hydrogen) atoms. The van der Waals surface area contributed by atoms with Crippen LogP contribution in [-0.4, -0.2) is 11.5 Å². The molecule has 0 unspecified atom stereocenters. The molecule has 0 bridgehead atoms. The van der Waals surface area contributed by atoms with Crippen molar-refractivity contribution in [2.45, 2.75) is 32.2 Å². The van der Waals surface area contributed by atoms with E-state index in [1.807, 2.05) is 6.07 Å². The molecular weight excluding hydrogens is 308 g/mol. The lowest BCUT2D eigenvalue weighted by atomic mass is 10.0. The van der Waals surface area contributed by atoms with E-state index in [4.69, 9.17) is 0 Å². The summed E-state index contributed by atoms with van der Waals surface area (Å²) in [5, 5.41) is 14.3. The van der Waals surface area contributed by atoms with E-state index in [2.05, 4.69) is 21.2 Å². The predicted octanol–water partition coefficient (Wildman–Crippen LogP) is 3.64. The maximum atomic E-state index is 10.9. The minimum atomic E-state index is -0.347. The fourth-order valence-corrected chi connectivity index (χ4v) is 3.42. The van der Waals surface area contributed by atoms with E-state index >= 15 is 0 Å². The van der Waals surface area contributed by atoms with Crippen LogP contribution in [0.5, 0.6) is 0 Å². The van der Waals surface area contributed by atoms with Crippen LogP contribution in [0.4, 0.5) is 5.69 Å². The van der Waals surface area contributed by atoms with Crippen LogP contribution >= 0.6 is 15.9 Å². The largest absolute Gasteiger partial charge is 0.312 e. The zero-order valence-electron chi connectivity index (χ0n) is 10.7. The van der Waals surface area contributed by atoms with Gasteiger partial charge in [0.05, 0.1) is 9.40 Å². The Morgan fingerprint density at radius 1 is 1.42 bits per heavy atom. The molecule has 1 N–H and O–H groups in total. The van der Waals surface area contributed by atoms with Crippen LogP contribution in [-0.2, 0) is 6.54 Å². The highest BCUT2D eigenvalue weighted by Gasteiger charge is 2.53. The lowest BCUT2D eigenvalue weighted by molar-refractivity contribution is -0.385. The lowest BCUT2D eigenvalue weighted by Crippen LogP contribution is -2.25. The topological polar surface area (TPSA) is 55.2 Å². The van der Waals surface area contributed by atoms with Crippen molar-refractivity contribution in [2.24, 2.45) is 11.3 Å². The zero-order chi connectivity index (χ0) is 13.5. The Morgan fingerprint density at radius 2 is 2.16 bits per heavy atom. The third-order valence-electron chi connectivity index (χ3n) is 4.38. The van der Waals surface area contributed by atoms with Crippen LogP contribution in [0, 0.1) is 21.4 Å². The number of rotatable bonds is 6. The van der Waals surface area contributed by atoms with Crippen molar-refractivity contribution in [3.05, 3.63) is 38.3 Å². The molecule has 2 aliphatic carbocycles. The fraction of sp³-hybridized carbons (Fsp3) is 0.571. The molecule has 1 aromatic rings. The van der Waals surface area contributed by atoms with E-state index in [0.29, 0.717) is 16.4 Å². The Labute approximate surface area is 120 Å². The summed E-state index contributed by atoms with van der Waals surface area (Å²) >= 11 is 3.34. The van der Waals surface area contributed by atoms with Crippen molar-refractivity contribution in [1.82, 2.24) is 5.32 Å². The molecule has 0 saturated heterocycles. The number of benzene rings is 1. The van der Waals surface area contributed by atoms with Gasteiger partial charge in [0.2, 0.25) is 0 Å². The average Bonchev–Trinajstić information content (AvgIpc) is 3.25. The molecule has 0 spiro atoms. The number of nitro benzene ring substituents is 1. The number of hydrogen-bond donors (Lipinski definition) is 1. The second-order valence-electron chi connectivity index (χ2n) is 5.75. The number of hydrogen-bond acceptors (Lipinski definition) is 3. The number of halogens is 1. The molecule has 0 aliphatic heterocycles. The van der Waals surface area contributed by atoms with E-state index in [1.165, 1.54) is 31.7 Å². The molecule has 2 saturated carbocycles. The Bertz CT molecular complexity index is 510. The molecule has 2 fully saturated rings. The lowest BCUT2D eigenvalue weighted by Gasteiger charge is -2.15. The van der Waals surface area contributed by atoms with Crippen molar-refractivity contribution in [1.29, 1.82) is 0 Å². The van der Waals surface area contributed by atoms with E-state index in [-0.39, 0.29) is 10.6 Å². The molecule has 0 heterocycles. The molecule has 3 rings (SSSR count). The molecule has 0 atom stereocenters. The first-order valence-corrected chi connectivity index (χ1v) is 7.54. The predicted molar refractivity (Wildman–Crippen MR) is 76.9 cm³/mol. The second-order valence-corrected chi connectivity index (χ2v) is 6.54. The van der Waals surface area contributed by atoms with Gasteiger partial charge in [-0.05, 0) is 58.5 Å². The van der Waals surface area contributed by atoms with Gasteiger partial charge in [-0.2, -0.15) is 0 Å².